The third kappa shape index (κ3) is 6.52. The molecule has 0 saturated carbocycles. The number of tetrazole rings is 1. The van der Waals surface area contributed by atoms with Crippen LogP contribution in [0.2, 0.25) is 0 Å². The highest BCUT2D eigenvalue weighted by Gasteiger charge is 2.36. The van der Waals surface area contributed by atoms with Crippen molar-refractivity contribution in [1.29, 1.82) is 0 Å². The lowest BCUT2D eigenvalue weighted by atomic mass is 10.1. The minimum absolute atomic E-state index is 0.115. The van der Waals surface area contributed by atoms with Gasteiger partial charge in [0.15, 0.2) is 0 Å². The molecular formula is C25H32N6O3S. The Morgan fingerprint density at radius 3 is 2.66 bits per heavy atom. The van der Waals surface area contributed by atoms with E-state index in [9.17, 15) is 9.59 Å². The molecule has 1 fully saturated rings. The van der Waals surface area contributed by atoms with E-state index >= 15 is 0 Å². The van der Waals surface area contributed by atoms with Crippen molar-refractivity contribution in [2.45, 2.75) is 64.8 Å². The van der Waals surface area contributed by atoms with Crippen LogP contribution in [0.15, 0.2) is 41.8 Å². The number of aromatic nitrogens is 4. The van der Waals surface area contributed by atoms with E-state index in [2.05, 4.69) is 20.7 Å². The predicted octanol–water partition coefficient (Wildman–Crippen LogP) is 3.37. The fraction of sp³-hybridized carbons (Fsp3) is 0.480. The first-order valence-corrected chi connectivity index (χ1v) is 12.7. The monoisotopic (exact) mass is 496 g/mol. The van der Waals surface area contributed by atoms with E-state index < -0.39 is 11.6 Å². The number of nitrogens with zero attached hydrogens (tertiary/aromatic N) is 5. The van der Waals surface area contributed by atoms with Gasteiger partial charge in [0, 0.05) is 29.1 Å². The maximum atomic E-state index is 13.7. The van der Waals surface area contributed by atoms with Crippen LogP contribution in [-0.4, -0.2) is 61.7 Å². The van der Waals surface area contributed by atoms with Crippen LogP contribution in [0.4, 0.5) is 0 Å². The van der Waals surface area contributed by atoms with E-state index in [-0.39, 0.29) is 24.5 Å². The summed E-state index contributed by atoms with van der Waals surface area (Å²) < 4.78 is 5.83. The number of rotatable bonds is 8. The molecule has 2 atom stereocenters. The average Bonchev–Trinajstić information content (AvgIpc) is 3.56. The van der Waals surface area contributed by atoms with Crippen molar-refractivity contribution in [3.05, 3.63) is 52.2 Å². The van der Waals surface area contributed by atoms with Crippen LogP contribution < -0.4 is 5.32 Å². The Kier molecular flexibility index (Phi) is 7.61. The van der Waals surface area contributed by atoms with Crippen LogP contribution in [0.1, 0.15) is 50.1 Å². The van der Waals surface area contributed by atoms with Crippen LogP contribution in [-0.2, 0) is 20.9 Å². The number of carbonyl (C=O) groups is 2. The summed E-state index contributed by atoms with van der Waals surface area (Å²) in [6.07, 6.45) is 1.67. The summed E-state index contributed by atoms with van der Waals surface area (Å²) >= 11 is 1.45. The van der Waals surface area contributed by atoms with Crippen LogP contribution in [0.3, 0.4) is 0 Å². The molecule has 0 radical (unpaired) electrons. The largest absolute Gasteiger partial charge is 0.376 e. The zero-order valence-corrected chi connectivity index (χ0v) is 21.4. The van der Waals surface area contributed by atoms with E-state index in [1.807, 2.05) is 69.5 Å². The Hall–Kier alpha value is -3.11. The number of hydrogen-bond donors (Lipinski definition) is 1. The Morgan fingerprint density at radius 1 is 1.26 bits per heavy atom. The van der Waals surface area contributed by atoms with Crippen LogP contribution in [0.5, 0.6) is 0 Å². The molecule has 10 heteroatoms. The van der Waals surface area contributed by atoms with Gasteiger partial charge in [-0.3, -0.25) is 9.59 Å². The number of benzene rings is 1. The zero-order valence-electron chi connectivity index (χ0n) is 20.6. The number of carbonyl (C=O) groups excluding carboxylic acids is 2. The fourth-order valence-corrected chi connectivity index (χ4v) is 4.84. The van der Waals surface area contributed by atoms with E-state index in [0.29, 0.717) is 19.0 Å². The van der Waals surface area contributed by atoms with E-state index in [0.717, 1.165) is 28.8 Å². The lowest BCUT2D eigenvalue weighted by Gasteiger charge is -2.34. The smallest absolute Gasteiger partial charge is 0.248 e. The molecule has 9 nitrogen and oxygen atoms in total. The summed E-state index contributed by atoms with van der Waals surface area (Å²) in [6.45, 7) is 8.64. The molecule has 1 aliphatic heterocycles. The highest BCUT2D eigenvalue weighted by atomic mass is 32.1. The predicted molar refractivity (Wildman–Crippen MR) is 134 cm³/mol. The Balaban J connectivity index is 1.60. The van der Waals surface area contributed by atoms with Crippen molar-refractivity contribution in [1.82, 2.24) is 30.4 Å². The Bertz CT molecular complexity index is 1130. The highest BCUT2D eigenvalue weighted by Crippen LogP contribution is 2.28. The maximum Gasteiger partial charge on any atom is 0.248 e. The normalized spacial score (nSPS) is 16.7. The van der Waals surface area contributed by atoms with Crippen molar-refractivity contribution in [3.8, 4) is 11.4 Å². The molecule has 1 aliphatic rings. The molecular weight excluding hydrogens is 464 g/mol. The molecule has 0 unspecified atom stereocenters. The minimum atomic E-state index is -0.772. The summed E-state index contributed by atoms with van der Waals surface area (Å²) in [5.41, 5.74) is 1.52. The minimum Gasteiger partial charge on any atom is -0.376 e. The van der Waals surface area contributed by atoms with Crippen molar-refractivity contribution < 1.29 is 14.3 Å². The van der Waals surface area contributed by atoms with E-state index in [1.165, 1.54) is 16.1 Å². The maximum absolute atomic E-state index is 13.7. The molecule has 3 heterocycles. The number of amides is 2. The van der Waals surface area contributed by atoms with Crippen LogP contribution in [0, 0.1) is 6.92 Å². The third-order valence-corrected chi connectivity index (χ3v) is 6.58. The van der Waals surface area contributed by atoms with Gasteiger partial charge in [0.2, 0.25) is 17.6 Å². The molecule has 186 valence electrons. The van der Waals surface area contributed by atoms with Gasteiger partial charge in [0.1, 0.15) is 12.6 Å². The van der Waals surface area contributed by atoms with E-state index in [4.69, 9.17) is 4.74 Å². The van der Waals surface area contributed by atoms with Crippen LogP contribution in [0.25, 0.3) is 11.4 Å². The first-order chi connectivity index (χ1) is 16.7. The first-order valence-electron chi connectivity index (χ1n) is 11.8. The quantitative estimate of drug-likeness (QED) is 0.513. The summed E-state index contributed by atoms with van der Waals surface area (Å²) in [4.78, 5) is 30.8. The summed E-state index contributed by atoms with van der Waals surface area (Å²) in [6, 6.07) is 10.8. The fourth-order valence-electron chi connectivity index (χ4n) is 4.01. The molecule has 0 bridgehead atoms. The van der Waals surface area contributed by atoms with Gasteiger partial charge in [0.05, 0.1) is 6.10 Å². The SMILES string of the molecule is Cc1ccc(-c2nnn(CC(=O)N(C[C@H]3CCCO3)[C@@H](C(=O)NC(C)(C)C)c3cccs3)n2)cc1. The van der Waals surface area contributed by atoms with Gasteiger partial charge in [-0.15, -0.1) is 21.5 Å². The van der Waals surface area contributed by atoms with Crippen molar-refractivity contribution >= 4 is 23.2 Å². The summed E-state index contributed by atoms with van der Waals surface area (Å²) in [5, 5.41) is 17.6. The molecule has 2 amide bonds. The van der Waals surface area contributed by atoms with Gasteiger partial charge < -0.3 is 15.0 Å². The molecule has 4 rings (SSSR count). The number of thiophene rings is 1. The summed E-state index contributed by atoms with van der Waals surface area (Å²) in [7, 11) is 0. The topological polar surface area (TPSA) is 102 Å². The Morgan fingerprint density at radius 2 is 2.03 bits per heavy atom. The standard InChI is InChI=1S/C25H32N6O3S/c1-17-9-11-18(12-10-17)23-27-29-31(28-23)16-21(32)30(15-19-7-5-13-34-19)22(20-8-6-14-35-20)24(33)26-25(2,3)4/h6,8-12,14,19,22H,5,7,13,15-16H2,1-4H3,(H,26,33)/t19-,22-/m1/s1. The zero-order chi connectivity index (χ0) is 25.0. The average molecular weight is 497 g/mol. The molecule has 1 aromatic carbocycles. The van der Waals surface area contributed by atoms with Crippen molar-refractivity contribution in [2.75, 3.05) is 13.2 Å². The number of aryl methyl sites for hydroxylation is 1. The number of ether oxygens (including phenoxy) is 1. The van der Waals surface area contributed by atoms with Crippen molar-refractivity contribution in [2.24, 2.45) is 0 Å². The van der Waals surface area contributed by atoms with E-state index in [1.54, 1.807) is 4.90 Å². The van der Waals surface area contributed by atoms with Crippen LogP contribution >= 0.6 is 11.3 Å². The first kappa shape index (κ1) is 25.0. The number of hydrogen-bond acceptors (Lipinski definition) is 7. The van der Waals surface area contributed by atoms with Crippen molar-refractivity contribution in [3.63, 3.8) is 0 Å². The second kappa shape index (κ2) is 10.7. The molecule has 0 spiro atoms. The summed E-state index contributed by atoms with van der Waals surface area (Å²) in [5.74, 6) is -0.0437. The van der Waals surface area contributed by atoms with Gasteiger partial charge >= 0.3 is 0 Å². The highest BCUT2D eigenvalue weighted by molar-refractivity contribution is 7.10. The molecule has 2 aromatic heterocycles. The van der Waals surface area contributed by atoms with Gasteiger partial charge in [-0.2, -0.15) is 4.80 Å². The number of nitrogens with one attached hydrogen (secondary N) is 1. The van der Waals surface area contributed by atoms with Gasteiger partial charge in [-0.1, -0.05) is 35.9 Å². The molecule has 1 saturated heterocycles. The molecule has 35 heavy (non-hydrogen) atoms. The molecule has 1 N–H and O–H groups in total. The lowest BCUT2D eigenvalue weighted by Crippen LogP contribution is -2.51. The third-order valence-electron chi connectivity index (χ3n) is 5.65. The lowest BCUT2D eigenvalue weighted by molar-refractivity contribution is -0.144. The van der Waals surface area contributed by atoms with Gasteiger partial charge in [-0.05, 0) is 57.2 Å². The second-order valence-electron chi connectivity index (χ2n) is 9.85. The van der Waals surface area contributed by atoms with Gasteiger partial charge in [-0.25, -0.2) is 0 Å². The molecule has 0 aliphatic carbocycles. The van der Waals surface area contributed by atoms with Gasteiger partial charge in [0.25, 0.3) is 0 Å². The second-order valence-corrected chi connectivity index (χ2v) is 10.8. The molecule has 3 aromatic rings. The Labute approximate surface area is 209 Å².